The van der Waals surface area contributed by atoms with Gasteiger partial charge >= 0.3 is 11.9 Å². The molecule has 7 nitrogen and oxygen atoms in total. The van der Waals surface area contributed by atoms with Gasteiger partial charge in [-0.25, -0.2) is 0 Å². The van der Waals surface area contributed by atoms with Gasteiger partial charge in [0.1, 0.15) is 17.3 Å². The molecule has 178 valence electrons. The maximum atomic E-state index is 13.0. The molecule has 1 heterocycles. The Bertz CT molecular complexity index is 855. The van der Waals surface area contributed by atoms with Crippen LogP contribution in [0, 0.1) is 28.6 Å². The minimum atomic E-state index is -1.44. The Balaban J connectivity index is 1.38. The van der Waals surface area contributed by atoms with Crippen LogP contribution < -0.4 is 0 Å². The Hall–Kier alpha value is -1.47. The van der Waals surface area contributed by atoms with Crippen LogP contribution in [-0.2, 0) is 28.6 Å². The molecule has 9 atom stereocenters. The summed E-state index contributed by atoms with van der Waals surface area (Å²) in [6.45, 7) is 6.83. The second kappa shape index (κ2) is 7.02. The van der Waals surface area contributed by atoms with Gasteiger partial charge in [-0.15, -0.1) is 0 Å². The molecule has 0 radical (unpaired) electrons. The van der Waals surface area contributed by atoms with Gasteiger partial charge in [-0.1, -0.05) is 13.8 Å². The molecule has 7 heteroatoms. The third-order valence-electron chi connectivity index (χ3n) is 10.4. The first-order valence-corrected chi connectivity index (χ1v) is 12.2. The van der Waals surface area contributed by atoms with E-state index < -0.39 is 17.0 Å². The molecule has 5 rings (SSSR count). The maximum absolute atomic E-state index is 13.0. The summed E-state index contributed by atoms with van der Waals surface area (Å²) in [5, 5.41) is 11.6. The molecular weight excluding hydrogens is 412 g/mol. The van der Waals surface area contributed by atoms with E-state index >= 15 is 0 Å². The van der Waals surface area contributed by atoms with Crippen molar-refractivity contribution in [2.75, 3.05) is 6.61 Å². The van der Waals surface area contributed by atoms with E-state index in [4.69, 9.17) is 14.2 Å². The Morgan fingerprint density at radius 1 is 0.969 bits per heavy atom. The maximum Gasteiger partial charge on any atom is 0.303 e. The third-order valence-corrected chi connectivity index (χ3v) is 10.4. The number of aliphatic hydroxyl groups is 1. The quantitative estimate of drug-likeness (QED) is 0.521. The van der Waals surface area contributed by atoms with Gasteiger partial charge in [-0.3, -0.25) is 14.4 Å². The average Bonchev–Trinajstić information content (AvgIpc) is 3.34. The molecule has 0 aromatic carbocycles. The van der Waals surface area contributed by atoms with Gasteiger partial charge in [0.2, 0.25) is 5.78 Å². The van der Waals surface area contributed by atoms with Crippen molar-refractivity contribution >= 4 is 17.7 Å². The van der Waals surface area contributed by atoms with Crippen LogP contribution in [0.2, 0.25) is 0 Å². The van der Waals surface area contributed by atoms with Gasteiger partial charge in [0.15, 0.2) is 6.61 Å². The van der Waals surface area contributed by atoms with Crippen molar-refractivity contribution < 1.29 is 33.7 Å². The van der Waals surface area contributed by atoms with E-state index in [-0.39, 0.29) is 47.5 Å². The number of hydrogen-bond acceptors (Lipinski definition) is 7. The van der Waals surface area contributed by atoms with Crippen molar-refractivity contribution in [1.29, 1.82) is 0 Å². The molecule has 4 saturated carbocycles. The lowest BCUT2D eigenvalue weighted by Crippen LogP contribution is -2.61. The number of esters is 2. The molecule has 0 aromatic heterocycles. The molecule has 0 bridgehead atoms. The highest BCUT2D eigenvalue weighted by atomic mass is 16.6. The van der Waals surface area contributed by atoms with Crippen molar-refractivity contribution in [3.05, 3.63) is 0 Å². The minimum Gasteiger partial charge on any atom is -0.462 e. The Kier molecular flexibility index (Phi) is 4.90. The van der Waals surface area contributed by atoms with Crippen LogP contribution in [0.1, 0.15) is 79.1 Å². The molecule has 1 spiro atoms. The van der Waals surface area contributed by atoms with Gasteiger partial charge in [0, 0.05) is 31.1 Å². The molecule has 0 amide bonds. The van der Waals surface area contributed by atoms with E-state index in [1.54, 1.807) is 0 Å². The second-order valence-corrected chi connectivity index (χ2v) is 11.6. The SMILES string of the molecule is CC(=O)OCC(=O)C1(O)CCC2C3CC4OC45CC(OC(C)=O)CCC5(C)C3CCC21C. The normalized spacial score (nSPS) is 50.8. The van der Waals surface area contributed by atoms with Crippen molar-refractivity contribution in [1.82, 2.24) is 0 Å². The number of carbonyl (C=O) groups is 3. The van der Waals surface area contributed by atoms with E-state index in [0.717, 1.165) is 44.9 Å². The lowest BCUT2D eigenvalue weighted by molar-refractivity contribution is -0.175. The molecule has 1 aliphatic heterocycles. The van der Waals surface area contributed by atoms with Crippen molar-refractivity contribution in [2.45, 2.75) is 102 Å². The fraction of sp³-hybridized carbons (Fsp3) is 0.880. The fourth-order valence-electron chi connectivity index (χ4n) is 8.74. The number of ketones is 1. The predicted molar refractivity (Wildman–Crippen MR) is 113 cm³/mol. The van der Waals surface area contributed by atoms with Crippen LogP contribution in [0.25, 0.3) is 0 Å². The predicted octanol–water partition coefficient (Wildman–Crippen LogP) is 2.96. The zero-order chi connectivity index (χ0) is 23.1. The number of hydrogen-bond donors (Lipinski definition) is 1. The molecule has 32 heavy (non-hydrogen) atoms. The number of epoxide rings is 1. The van der Waals surface area contributed by atoms with Crippen LogP contribution in [0.5, 0.6) is 0 Å². The molecule has 1 saturated heterocycles. The Labute approximate surface area is 189 Å². The zero-order valence-corrected chi connectivity index (χ0v) is 19.6. The minimum absolute atomic E-state index is 0.0288. The van der Waals surface area contributed by atoms with Crippen LogP contribution in [0.3, 0.4) is 0 Å². The summed E-state index contributed by atoms with van der Waals surface area (Å²) >= 11 is 0. The number of fused-ring (bicyclic) bond motifs is 4. The van der Waals surface area contributed by atoms with Gasteiger partial charge in [-0.2, -0.15) is 0 Å². The second-order valence-electron chi connectivity index (χ2n) is 11.6. The largest absolute Gasteiger partial charge is 0.462 e. The lowest BCUT2D eigenvalue weighted by Gasteiger charge is -2.59. The van der Waals surface area contributed by atoms with Crippen molar-refractivity contribution in [3.63, 3.8) is 0 Å². The van der Waals surface area contributed by atoms with Gasteiger partial charge < -0.3 is 19.3 Å². The standard InChI is InChI=1S/C25H36O7/c1-14(26)30-13-20(28)24(29)10-7-18-17-11-21-25(32-21)12-16(31-15(2)27)5-8-23(25,4)19(17)6-9-22(18,24)3/h16-19,21,29H,5-13H2,1-4H3. The summed E-state index contributed by atoms with van der Waals surface area (Å²) in [6.07, 6.45) is 6.65. The van der Waals surface area contributed by atoms with Gasteiger partial charge in [0.25, 0.3) is 0 Å². The van der Waals surface area contributed by atoms with E-state index in [1.165, 1.54) is 13.8 Å². The number of rotatable bonds is 4. The smallest absolute Gasteiger partial charge is 0.303 e. The molecular formula is C25H36O7. The summed E-state index contributed by atoms with van der Waals surface area (Å²) < 4.78 is 17.0. The Morgan fingerprint density at radius 3 is 2.31 bits per heavy atom. The molecule has 4 aliphatic carbocycles. The summed E-state index contributed by atoms with van der Waals surface area (Å²) in [5.74, 6) is 0.0358. The van der Waals surface area contributed by atoms with Crippen LogP contribution in [0.15, 0.2) is 0 Å². The Morgan fingerprint density at radius 2 is 1.62 bits per heavy atom. The van der Waals surface area contributed by atoms with Gasteiger partial charge in [-0.05, 0) is 62.7 Å². The summed E-state index contributed by atoms with van der Waals surface area (Å²) in [5.41, 5.74) is -2.11. The highest BCUT2D eigenvalue weighted by Gasteiger charge is 2.77. The molecule has 9 unspecified atom stereocenters. The third kappa shape index (κ3) is 2.82. The van der Waals surface area contributed by atoms with Gasteiger partial charge in [0.05, 0.1) is 6.10 Å². The van der Waals surface area contributed by atoms with E-state index in [9.17, 15) is 19.5 Å². The number of ether oxygens (including phenoxy) is 3. The van der Waals surface area contributed by atoms with Crippen LogP contribution >= 0.6 is 0 Å². The van der Waals surface area contributed by atoms with E-state index in [1.807, 2.05) is 0 Å². The van der Waals surface area contributed by atoms with Crippen molar-refractivity contribution in [3.8, 4) is 0 Å². The molecule has 1 N–H and O–H groups in total. The zero-order valence-electron chi connectivity index (χ0n) is 19.6. The van der Waals surface area contributed by atoms with E-state index in [2.05, 4.69) is 13.8 Å². The summed E-state index contributed by atoms with van der Waals surface area (Å²) in [7, 11) is 0. The highest BCUT2D eigenvalue weighted by molar-refractivity contribution is 5.90. The number of Topliss-reactive ketones (excluding diaryl/α,β-unsaturated/α-hetero) is 1. The van der Waals surface area contributed by atoms with Crippen LogP contribution in [-0.4, -0.2) is 52.8 Å². The van der Waals surface area contributed by atoms with Crippen molar-refractivity contribution in [2.24, 2.45) is 28.6 Å². The molecule has 5 aliphatic rings. The van der Waals surface area contributed by atoms with E-state index in [0.29, 0.717) is 18.3 Å². The highest BCUT2D eigenvalue weighted by Crippen LogP contribution is 2.74. The first-order valence-electron chi connectivity index (χ1n) is 12.2. The lowest BCUT2D eigenvalue weighted by atomic mass is 9.44. The molecule has 5 fully saturated rings. The topological polar surface area (TPSA) is 102 Å². The molecule has 0 aromatic rings. The summed E-state index contributed by atoms with van der Waals surface area (Å²) in [4.78, 5) is 35.7. The monoisotopic (exact) mass is 448 g/mol. The summed E-state index contributed by atoms with van der Waals surface area (Å²) in [6, 6.07) is 0. The first-order chi connectivity index (χ1) is 15.0. The first kappa shape index (κ1) is 22.3. The number of carbonyl (C=O) groups excluding carboxylic acids is 3. The average molecular weight is 449 g/mol. The van der Waals surface area contributed by atoms with Crippen LogP contribution in [0.4, 0.5) is 0 Å². The fourth-order valence-corrected chi connectivity index (χ4v) is 8.74.